The zero-order valence-corrected chi connectivity index (χ0v) is 37.6. The average Bonchev–Trinajstić information content (AvgIpc) is 3.15. The van der Waals surface area contributed by atoms with Crippen LogP contribution in [0.5, 0.6) is 0 Å². The molecule has 0 aliphatic carbocycles. The van der Waals surface area contributed by atoms with Crippen molar-refractivity contribution in [2.75, 3.05) is 13.2 Å². The van der Waals surface area contributed by atoms with Gasteiger partial charge in [0.05, 0.1) is 0 Å². The number of carbonyl (C=O) groups excluding carboxylic acids is 3. The zero-order chi connectivity index (χ0) is 40.5. The highest BCUT2D eigenvalue weighted by Gasteiger charge is 2.19. The quantitative estimate of drug-likeness (QED) is 0.0348. The molecule has 0 saturated carbocycles. The van der Waals surface area contributed by atoms with Crippen LogP contribution in [0.3, 0.4) is 0 Å². The number of hydrogen-bond donors (Lipinski definition) is 0. The van der Waals surface area contributed by atoms with Gasteiger partial charge in [-0.1, -0.05) is 227 Å². The van der Waals surface area contributed by atoms with Gasteiger partial charge in [0.2, 0.25) is 0 Å². The standard InChI is InChI=1S/C49H94O6/c1-6-7-8-9-10-19-23-29-34-39-47(50)53-42-46(55-49(52)41-36-31-26-25-28-33-38-45(4)5)43-54-48(51)40-35-30-24-21-18-16-14-12-11-13-15-17-20-22-27-32-37-44(2)3/h44-46H,6-43H2,1-5H3/t46-/m1/s1. The van der Waals surface area contributed by atoms with Gasteiger partial charge in [0.1, 0.15) is 13.2 Å². The molecule has 0 spiro atoms. The monoisotopic (exact) mass is 779 g/mol. The zero-order valence-electron chi connectivity index (χ0n) is 37.6. The van der Waals surface area contributed by atoms with Crippen molar-refractivity contribution in [2.45, 2.75) is 272 Å². The van der Waals surface area contributed by atoms with E-state index in [-0.39, 0.29) is 31.1 Å². The lowest BCUT2D eigenvalue weighted by Crippen LogP contribution is -2.30. The van der Waals surface area contributed by atoms with E-state index in [2.05, 4.69) is 34.6 Å². The van der Waals surface area contributed by atoms with Gasteiger partial charge in [-0.3, -0.25) is 14.4 Å². The third kappa shape index (κ3) is 43.4. The first-order chi connectivity index (χ1) is 26.7. The molecule has 0 amide bonds. The number of unbranched alkanes of at least 4 members (excludes halogenated alkanes) is 28. The molecule has 326 valence electrons. The molecule has 0 aromatic heterocycles. The fourth-order valence-electron chi connectivity index (χ4n) is 7.28. The van der Waals surface area contributed by atoms with Crippen molar-refractivity contribution >= 4 is 17.9 Å². The second-order valence-electron chi connectivity index (χ2n) is 17.7. The summed E-state index contributed by atoms with van der Waals surface area (Å²) in [5, 5.41) is 0. The Morgan fingerprint density at radius 1 is 0.345 bits per heavy atom. The summed E-state index contributed by atoms with van der Waals surface area (Å²) in [5.41, 5.74) is 0. The van der Waals surface area contributed by atoms with Crippen LogP contribution in [0.25, 0.3) is 0 Å². The summed E-state index contributed by atoms with van der Waals surface area (Å²) in [6.45, 7) is 11.3. The van der Waals surface area contributed by atoms with E-state index in [1.54, 1.807) is 0 Å². The van der Waals surface area contributed by atoms with Crippen molar-refractivity contribution in [3.8, 4) is 0 Å². The van der Waals surface area contributed by atoms with E-state index in [1.807, 2.05) is 0 Å². The van der Waals surface area contributed by atoms with Gasteiger partial charge in [-0.2, -0.15) is 0 Å². The molecule has 0 radical (unpaired) electrons. The highest BCUT2D eigenvalue weighted by atomic mass is 16.6. The van der Waals surface area contributed by atoms with Crippen LogP contribution in [0.4, 0.5) is 0 Å². The van der Waals surface area contributed by atoms with Gasteiger partial charge < -0.3 is 14.2 Å². The minimum absolute atomic E-state index is 0.0653. The molecule has 0 N–H and O–H groups in total. The SMILES string of the molecule is CCCCCCCCCCCC(=O)OC[C@H](COC(=O)CCCCCCCCCCCCCCCCCCC(C)C)OC(=O)CCCCCCCCC(C)C. The summed E-state index contributed by atoms with van der Waals surface area (Å²) >= 11 is 0. The number of hydrogen-bond acceptors (Lipinski definition) is 6. The first-order valence-electron chi connectivity index (χ1n) is 24.2. The van der Waals surface area contributed by atoms with Crippen LogP contribution < -0.4 is 0 Å². The topological polar surface area (TPSA) is 78.9 Å². The molecule has 0 heterocycles. The van der Waals surface area contributed by atoms with Crippen LogP contribution in [0, 0.1) is 11.8 Å². The molecule has 0 saturated heterocycles. The molecule has 0 rings (SSSR count). The molecule has 55 heavy (non-hydrogen) atoms. The molecule has 0 unspecified atom stereocenters. The van der Waals surface area contributed by atoms with Gasteiger partial charge in [-0.25, -0.2) is 0 Å². The maximum atomic E-state index is 12.7. The van der Waals surface area contributed by atoms with Crippen LogP contribution in [0.2, 0.25) is 0 Å². The van der Waals surface area contributed by atoms with Gasteiger partial charge in [-0.05, 0) is 31.1 Å². The van der Waals surface area contributed by atoms with Crippen molar-refractivity contribution in [3.63, 3.8) is 0 Å². The summed E-state index contributed by atoms with van der Waals surface area (Å²) < 4.78 is 16.7. The van der Waals surface area contributed by atoms with E-state index in [0.29, 0.717) is 19.3 Å². The van der Waals surface area contributed by atoms with Crippen molar-refractivity contribution in [2.24, 2.45) is 11.8 Å². The van der Waals surface area contributed by atoms with Gasteiger partial charge in [0.15, 0.2) is 6.10 Å². The van der Waals surface area contributed by atoms with Crippen molar-refractivity contribution in [1.29, 1.82) is 0 Å². The second-order valence-corrected chi connectivity index (χ2v) is 17.7. The lowest BCUT2D eigenvalue weighted by Gasteiger charge is -2.18. The lowest BCUT2D eigenvalue weighted by atomic mass is 10.0. The molecule has 0 aliphatic rings. The maximum Gasteiger partial charge on any atom is 0.306 e. The van der Waals surface area contributed by atoms with E-state index in [0.717, 1.165) is 69.6 Å². The van der Waals surface area contributed by atoms with Gasteiger partial charge in [0.25, 0.3) is 0 Å². The largest absolute Gasteiger partial charge is 0.462 e. The fraction of sp³-hybridized carbons (Fsp3) is 0.939. The molecular weight excluding hydrogens is 685 g/mol. The highest BCUT2D eigenvalue weighted by molar-refractivity contribution is 5.71. The van der Waals surface area contributed by atoms with Gasteiger partial charge in [-0.15, -0.1) is 0 Å². The smallest absolute Gasteiger partial charge is 0.306 e. The van der Waals surface area contributed by atoms with Crippen LogP contribution >= 0.6 is 0 Å². The number of rotatable bonds is 43. The molecule has 0 aromatic carbocycles. The van der Waals surface area contributed by atoms with Crippen molar-refractivity contribution < 1.29 is 28.6 Å². The Kier molecular flexibility index (Phi) is 40.8. The minimum atomic E-state index is -0.760. The van der Waals surface area contributed by atoms with Crippen LogP contribution in [-0.2, 0) is 28.6 Å². The van der Waals surface area contributed by atoms with Crippen LogP contribution in [-0.4, -0.2) is 37.2 Å². The maximum absolute atomic E-state index is 12.7. The second kappa shape index (κ2) is 42.0. The lowest BCUT2D eigenvalue weighted by molar-refractivity contribution is -0.167. The molecular formula is C49H94O6. The summed E-state index contributed by atoms with van der Waals surface area (Å²) in [6, 6.07) is 0. The fourth-order valence-corrected chi connectivity index (χ4v) is 7.28. The van der Waals surface area contributed by atoms with Gasteiger partial charge in [0, 0.05) is 19.3 Å². The van der Waals surface area contributed by atoms with E-state index >= 15 is 0 Å². The number of ether oxygens (including phenoxy) is 3. The van der Waals surface area contributed by atoms with Crippen molar-refractivity contribution in [3.05, 3.63) is 0 Å². The summed E-state index contributed by atoms with van der Waals surface area (Å²) in [5.74, 6) is 0.751. The Labute approximate surface area is 342 Å². The molecule has 0 bridgehead atoms. The highest BCUT2D eigenvalue weighted by Crippen LogP contribution is 2.17. The van der Waals surface area contributed by atoms with Crippen molar-refractivity contribution in [1.82, 2.24) is 0 Å². The summed E-state index contributed by atoms with van der Waals surface area (Å²) in [4.78, 5) is 37.7. The van der Waals surface area contributed by atoms with E-state index in [1.165, 1.54) is 154 Å². The predicted octanol–water partition coefficient (Wildman–Crippen LogP) is 15.4. The minimum Gasteiger partial charge on any atom is -0.462 e. The first-order valence-corrected chi connectivity index (χ1v) is 24.2. The van der Waals surface area contributed by atoms with Gasteiger partial charge >= 0.3 is 17.9 Å². The van der Waals surface area contributed by atoms with E-state index < -0.39 is 6.10 Å². The predicted molar refractivity (Wildman–Crippen MR) is 233 cm³/mol. The average molecular weight is 779 g/mol. The third-order valence-corrected chi connectivity index (χ3v) is 11.0. The number of carbonyl (C=O) groups is 3. The van der Waals surface area contributed by atoms with Crippen LogP contribution in [0.1, 0.15) is 266 Å². The Hall–Kier alpha value is -1.59. The Morgan fingerprint density at radius 2 is 0.600 bits per heavy atom. The molecule has 0 aromatic rings. The molecule has 1 atom stereocenters. The Morgan fingerprint density at radius 3 is 0.891 bits per heavy atom. The molecule has 6 nitrogen and oxygen atoms in total. The molecule has 0 fully saturated rings. The Bertz CT molecular complexity index is 839. The van der Waals surface area contributed by atoms with E-state index in [9.17, 15) is 14.4 Å². The summed E-state index contributed by atoms with van der Waals surface area (Å²) in [6.07, 6.45) is 41.1. The number of esters is 3. The molecule has 0 aliphatic heterocycles. The third-order valence-electron chi connectivity index (χ3n) is 11.0. The Balaban J connectivity index is 4.18. The van der Waals surface area contributed by atoms with Crippen LogP contribution in [0.15, 0.2) is 0 Å². The summed E-state index contributed by atoms with van der Waals surface area (Å²) in [7, 11) is 0. The van der Waals surface area contributed by atoms with E-state index in [4.69, 9.17) is 14.2 Å². The first kappa shape index (κ1) is 53.4. The normalized spacial score (nSPS) is 12.1. The molecule has 6 heteroatoms.